The Morgan fingerprint density at radius 1 is 1.23 bits per heavy atom. The van der Waals surface area contributed by atoms with Crippen LogP contribution < -0.4 is 5.32 Å². The van der Waals surface area contributed by atoms with Gasteiger partial charge < -0.3 is 19.2 Å². The molecule has 0 saturated carbocycles. The molecule has 2 amide bonds. The zero-order valence-electron chi connectivity index (χ0n) is 16.7. The fourth-order valence-corrected chi connectivity index (χ4v) is 2.98. The third kappa shape index (κ3) is 5.65. The molecule has 0 aliphatic rings. The van der Waals surface area contributed by atoms with Gasteiger partial charge in [0, 0.05) is 25.0 Å². The molecule has 3 rings (SSSR count). The molecule has 1 N–H and O–H groups in total. The van der Waals surface area contributed by atoms with Crippen LogP contribution in [-0.2, 0) is 25.8 Å². The molecule has 6 nitrogen and oxygen atoms in total. The number of rotatable bonds is 7. The smallest absolute Gasteiger partial charge is 0.416 e. The van der Waals surface area contributed by atoms with Gasteiger partial charge in [-0.15, -0.1) is 0 Å². The second kappa shape index (κ2) is 9.06. The van der Waals surface area contributed by atoms with Crippen LogP contribution in [0.2, 0.25) is 0 Å². The van der Waals surface area contributed by atoms with Gasteiger partial charge in [0.1, 0.15) is 11.6 Å². The molecule has 160 valence electrons. The number of hydrogen-bond acceptors (Lipinski definition) is 3. The Morgan fingerprint density at radius 3 is 2.70 bits per heavy atom. The average Bonchev–Trinajstić information content (AvgIpc) is 3.32. The van der Waals surface area contributed by atoms with Crippen molar-refractivity contribution in [2.24, 2.45) is 0 Å². The Bertz CT molecular complexity index is 965. The molecule has 0 aliphatic heterocycles. The number of hydrogen-bond donors (Lipinski definition) is 1. The number of carbonyl (C=O) groups is 1. The van der Waals surface area contributed by atoms with E-state index >= 15 is 0 Å². The number of benzene rings is 1. The maximum absolute atomic E-state index is 13.0. The Labute approximate surface area is 172 Å². The molecule has 1 aromatic carbocycles. The summed E-state index contributed by atoms with van der Waals surface area (Å²) in [5.41, 5.74) is -0.203. The van der Waals surface area contributed by atoms with Gasteiger partial charge in [-0.1, -0.05) is 12.1 Å². The lowest BCUT2D eigenvalue weighted by atomic mass is 10.1. The van der Waals surface area contributed by atoms with Crippen LogP contribution in [0.15, 0.2) is 59.5 Å². The normalized spacial score (nSPS) is 11.7. The number of carbonyl (C=O) groups excluding carboxylic acids is 1. The molecule has 0 unspecified atom stereocenters. The largest absolute Gasteiger partial charge is 0.467 e. The molecule has 0 radical (unpaired) electrons. The SMILES string of the molecule is CC(C)NC(=O)N(Cc1ccco1)Cc1nccn1Cc1cccc(C(F)(F)F)c1. The monoisotopic (exact) mass is 420 g/mol. The fraction of sp³-hybridized carbons (Fsp3) is 0.333. The van der Waals surface area contributed by atoms with Crippen LogP contribution >= 0.6 is 0 Å². The van der Waals surface area contributed by atoms with Crippen LogP contribution in [0.25, 0.3) is 0 Å². The molecule has 0 aliphatic carbocycles. The predicted octanol–water partition coefficient (Wildman–Crippen LogP) is 4.66. The average molecular weight is 420 g/mol. The van der Waals surface area contributed by atoms with Crippen molar-refractivity contribution >= 4 is 6.03 Å². The quantitative estimate of drug-likeness (QED) is 0.605. The van der Waals surface area contributed by atoms with Gasteiger partial charge in [0.2, 0.25) is 0 Å². The number of imidazole rings is 1. The Hall–Kier alpha value is -3.23. The number of aromatic nitrogens is 2. The van der Waals surface area contributed by atoms with E-state index < -0.39 is 11.7 Å². The van der Waals surface area contributed by atoms with Gasteiger partial charge in [-0.3, -0.25) is 0 Å². The minimum Gasteiger partial charge on any atom is -0.467 e. The van der Waals surface area contributed by atoms with Crippen molar-refractivity contribution in [1.82, 2.24) is 19.8 Å². The van der Waals surface area contributed by atoms with Crippen LogP contribution in [0.4, 0.5) is 18.0 Å². The van der Waals surface area contributed by atoms with Gasteiger partial charge in [0.05, 0.1) is 24.9 Å². The number of alkyl halides is 3. The third-order valence-corrected chi connectivity index (χ3v) is 4.37. The Balaban J connectivity index is 1.79. The highest BCUT2D eigenvalue weighted by atomic mass is 19.4. The van der Waals surface area contributed by atoms with Crippen LogP contribution in [0.5, 0.6) is 0 Å². The molecule has 30 heavy (non-hydrogen) atoms. The highest BCUT2D eigenvalue weighted by molar-refractivity contribution is 5.74. The van der Waals surface area contributed by atoms with Crippen LogP contribution in [0.1, 0.15) is 36.6 Å². The van der Waals surface area contributed by atoms with E-state index in [2.05, 4.69) is 10.3 Å². The van der Waals surface area contributed by atoms with Crippen LogP contribution in [-0.4, -0.2) is 26.5 Å². The summed E-state index contributed by atoms with van der Waals surface area (Å²) in [4.78, 5) is 18.5. The third-order valence-electron chi connectivity index (χ3n) is 4.37. The van der Waals surface area contributed by atoms with Crippen molar-refractivity contribution in [3.05, 3.63) is 77.8 Å². The van der Waals surface area contributed by atoms with Gasteiger partial charge in [-0.2, -0.15) is 13.2 Å². The first-order chi connectivity index (χ1) is 14.2. The van der Waals surface area contributed by atoms with E-state index in [1.165, 1.54) is 12.3 Å². The van der Waals surface area contributed by atoms with E-state index in [1.54, 1.807) is 40.1 Å². The van der Waals surface area contributed by atoms with Gasteiger partial charge in [-0.25, -0.2) is 9.78 Å². The first-order valence-corrected chi connectivity index (χ1v) is 9.46. The van der Waals surface area contributed by atoms with Gasteiger partial charge in [-0.05, 0) is 43.7 Å². The molecule has 2 aromatic heterocycles. The van der Waals surface area contributed by atoms with Crippen molar-refractivity contribution in [2.75, 3.05) is 0 Å². The molecular weight excluding hydrogens is 397 g/mol. The second-order valence-corrected chi connectivity index (χ2v) is 7.21. The zero-order chi connectivity index (χ0) is 21.7. The molecule has 0 fully saturated rings. The van der Waals surface area contributed by atoms with Crippen molar-refractivity contribution in [3.63, 3.8) is 0 Å². The lowest BCUT2D eigenvalue weighted by molar-refractivity contribution is -0.137. The maximum atomic E-state index is 13.0. The van der Waals surface area contributed by atoms with Crippen LogP contribution in [0, 0.1) is 0 Å². The van der Waals surface area contributed by atoms with Crippen molar-refractivity contribution in [1.29, 1.82) is 0 Å². The van der Waals surface area contributed by atoms with E-state index in [4.69, 9.17) is 4.42 Å². The van der Waals surface area contributed by atoms with Gasteiger partial charge in [0.25, 0.3) is 0 Å². The highest BCUT2D eigenvalue weighted by Gasteiger charge is 2.30. The van der Waals surface area contributed by atoms with E-state index in [-0.39, 0.29) is 31.7 Å². The minimum absolute atomic E-state index is 0.0542. The molecule has 0 bridgehead atoms. The molecule has 0 atom stereocenters. The topological polar surface area (TPSA) is 63.3 Å². The molecule has 3 aromatic rings. The van der Waals surface area contributed by atoms with Crippen molar-refractivity contribution in [3.8, 4) is 0 Å². The number of urea groups is 1. The van der Waals surface area contributed by atoms with E-state index in [0.717, 1.165) is 12.1 Å². The van der Waals surface area contributed by atoms with E-state index in [0.29, 0.717) is 17.1 Å². The zero-order valence-corrected chi connectivity index (χ0v) is 16.7. The Kier molecular flexibility index (Phi) is 6.49. The number of nitrogens with one attached hydrogen (secondary N) is 1. The van der Waals surface area contributed by atoms with Crippen molar-refractivity contribution < 1.29 is 22.4 Å². The Morgan fingerprint density at radius 2 is 2.03 bits per heavy atom. The standard InChI is InChI=1S/C21H23F3N4O2/c1-15(2)26-20(29)28(13-18-7-4-10-30-18)14-19-25-8-9-27(19)12-16-5-3-6-17(11-16)21(22,23)24/h3-11,15H,12-14H2,1-2H3,(H,26,29). The summed E-state index contributed by atoms with van der Waals surface area (Å²) in [6.07, 6.45) is 0.375. The molecule has 9 heteroatoms. The summed E-state index contributed by atoms with van der Waals surface area (Å²) in [7, 11) is 0. The summed E-state index contributed by atoms with van der Waals surface area (Å²) in [6.45, 7) is 4.34. The first kappa shape index (κ1) is 21.5. The first-order valence-electron chi connectivity index (χ1n) is 9.46. The van der Waals surface area contributed by atoms with E-state index in [9.17, 15) is 18.0 Å². The number of amides is 2. The lowest BCUT2D eigenvalue weighted by Crippen LogP contribution is -2.42. The summed E-state index contributed by atoms with van der Waals surface area (Å²) in [6, 6.07) is 8.35. The predicted molar refractivity (Wildman–Crippen MR) is 104 cm³/mol. The van der Waals surface area contributed by atoms with E-state index in [1.807, 2.05) is 13.8 Å². The highest BCUT2D eigenvalue weighted by Crippen LogP contribution is 2.29. The van der Waals surface area contributed by atoms with Gasteiger partial charge in [0.15, 0.2) is 0 Å². The van der Waals surface area contributed by atoms with Crippen molar-refractivity contribution in [2.45, 2.75) is 45.7 Å². The molecule has 0 saturated heterocycles. The lowest BCUT2D eigenvalue weighted by Gasteiger charge is -2.23. The second-order valence-electron chi connectivity index (χ2n) is 7.21. The number of furan rings is 1. The minimum atomic E-state index is -4.40. The van der Waals surface area contributed by atoms with Crippen LogP contribution in [0.3, 0.4) is 0 Å². The molecular formula is C21H23F3N4O2. The summed E-state index contributed by atoms with van der Waals surface area (Å²) in [5, 5.41) is 2.84. The summed E-state index contributed by atoms with van der Waals surface area (Å²) < 4.78 is 46.1. The molecule has 2 heterocycles. The van der Waals surface area contributed by atoms with Gasteiger partial charge >= 0.3 is 12.2 Å². The summed E-state index contributed by atoms with van der Waals surface area (Å²) in [5.74, 6) is 1.17. The maximum Gasteiger partial charge on any atom is 0.416 e. The fourth-order valence-electron chi connectivity index (χ4n) is 2.98. The number of halogens is 3. The number of nitrogens with zero attached hydrogens (tertiary/aromatic N) is 3. The molecule has 0 spiro atoms. The summed E-state index contributed by atoms with van der Waals surface area (Å²) >= 11 is 0.